The summed E-state index contributed by atoms with van der Waals surface area (Å²) in [5.74, 6) is -0.0129. The Kier molecular flexibility index (Phi) is 5.14. The molecular formula is C22H23FN4OS2. The number of pyridine rings is 1. The Hall–Kier alpha value is -2.19. The van der Waals surface area contributed by atoms with Crippen LogP contribution in [0.1, 0.15) is 57.4 Å². The summed E-state index contributed by atoms with van der Waals surface area (Å²) in [5, 5.41) is 4.10. The van der Waals surface area contributed by atoms with Gasteiger partial charge in [0.2, 0.25) is 0 Å². The second-order valence-corrected chi connectivity index (χ2v) is 10.3. The summed E-state index contributed by atoms with van der Waals surface area (Å²) < 4.78 is 13.8. The molecule has 1 unspecified atom stereocenters. The summed E-state index contributed by atoms with van der Waals surface area (Å²) in [6.07, 6.45) is 4.28. The highest BCUT2D eigenvalue weighted by Crippen LogP contribution is 2.38. The zero-order chi connectivity index (χ0) is 20.8. The number of amides is 1. The number of aryl methyl sites for hydroxylation is 2. The summed E-state index contributed by atoms with van der Waals surface area (Å²) >= 11 is 3.28. The van der Waals surface area contributed by atoms with E-state index in [9.17, 15) is 9.18 Å². The molecule has 5 nitrogen and oxygen atoms in total. The minimum Gasteiger partial charge on any atom is -0.332 e. The molecule has 2 fully saturated rings. The van der Waals surface area contributed by atoms with Crippen molar-refractivity contribution >= 4 is 28.6 Å². The van der Waals surface area contributed by atoms with Crippen LogP contribution in [0.2, 0.25) is 0 Å². The van der Waals surface area contributed by atoms with Crippen LogP contribution in [0.15, 0.2) is 23.7 Å². The van der Waals surface area contributed by atoms with Crippen LogP contribution in [0, 0.1) is 13.8 Å². The first kappa shape index (κ1) is 19.8. The van der Waals surface area contributed by atoms with E-state index in [1.165, 1.54) is 0 Å². The molecule has 156 valence electrons. The average molecular weight is 443 g/mol. The Morgan fingerprint density at radius 2 is 1.97 bits per heavy atom. The van der Waals surface area contributed by atoms with Crippen molar-refractivity contribution in [1.29, 1.82) is 0 Å². The number of rotatable bonds is 4. The first-order valence-corrected chi connectivity index (χ1v) is 12.0. The van der Waals surface area contributed by atoms with Gasteiger partial charge in [-0.1, -0.05) is 0 Å². The number of hydrogen-bond acceptors (Lipinski definition) is 6. The maximum atomic E-state index is 13.8. The van der Waals surface area contributed by atoms with Crippen molar-refractivity contribution in [3.8, 4) is 10.6 Å². The lowest BCUT2D eigenvalue weighted by Crippen LogP contribution is -2.47. The van der Waals surface area contributed by atoms with E-state index in [-0.39, 0.29) is 18.0 Å². The van der Waals surface area contributed by atoms with E-state index in [0.717, 1.165) is 44.8 Å². The average Bonchev–Trinajstić information content (AvgIpc) is 3.38. The zero-order valence-electron chi connectivity index (χ0n) is 17.0. The largest absolute Gasteiger partial charge is 0.332 e. The van der Waals surface area contributed by atoms with Crippen LogP contribution in [-0.2, 0) is 6.42 Å². The van der Waals surface area contributed by atoms with Crippen LogP contribution >= 0.6 is 22.7 Å². The van der Waals surface area contributed by atoms with Crippen molar-refractivity contribution < 1.29 is 9.18 Å². The second kappa shape index (κ2) is 7.81. The fourth-order valence-corrected chi connectivity index (χ4v) is 6.42. The van der Waals surface area contributed by atoms with Crippen molar-refractivity contribution in [3.05, 3.63) is 50.7 Å². The van der Waals surface area contributed by atoms with E-state index >= 15 is 0 Å². The number of hydrogen-bond donors (Lipinski definition) is 0. The molecular weight excluding hydrogens is 419 g/mol. The molecule has 0 aliphatic carbocycles. The molecule has 5 rings (SSSR count). The fraction of sp³-hybridized carbons (Fsp3) is 0.455. The molecule has 2 saturated heterocycles. The normalized spacial score (nSPS) is 23.2. The molecule has 0 spiro atoms. The van der Waals surface area contributed by atoms with Crippen molar-refractivity contribution in [3.63, 3.8) is 0 Å². The van der Waals surface area contributed by atoms with E-state index in [2.05, 4.69) is 15.3 Å². The highest BCUT2D eigenvalue weighted by molar-refractivity contribution is 7.15. The molecule has 30 heavy (non-hydrogen) atoms. The number of fused-ring (bicyclic) bond motifs is 2. The molecule has 2 aliphatic rings. The second-order valence-electron chi connectivity index (χ2n) is 8.15. The topological polar surface area (TPSA) is 59.0 Å². The van der Waals surface area contributed by atoms with Gasteiger partial charge in [0.1, 0.15) is 6.17 Å². The molecule has 2 bridgehead atoms. The van der Waals surface area contributed by atoms with Crippen LogP contribution < -0.4 is 0 Å². The SMILES string of the molecule is Cc1nc(C)c(-c2csc(Cc3ccc(C(=O)N4[C@@H]5CC[C@H]4CC(F)C5)cn3)n2)s1. The zero-order valence-corrected chi connectivity index (χ0v) is 18.6. The van der Waals surface area contributed by atoms with E-state index in [0.29, 0.717) is 24.8 Å². The summed E-state index contributed by atoms with van der Waals surface area (Å²) in [4.78, 5) is 29.7. The van der Waals surface area contributed by atoms with Gasteiger partial charge in [-0.05, 0) is 51.7 Å². The molecule has 5 heterocycles. The third kappa shape index (κ3) is 3.67. The molecule has 0 saturated carbocycles. The standard InChI is InChI=1S/C22H23FN4OS2/c1-12-21(30-13(2)25-12)19-11-29-20(26-19)9-16-4-3-14(10-24-16)22(28)27-17-5-6-18(27)8-15(23)7-17/h3-4,10-11,15,17-18H,5-9H2,1-2H3/t15?,17-,18+. The van der Waals surface area contributed by atoms with Crippen LogP contribution in [0.25, 0.3) is 10.6 Å². The fourth-order valence-electron chi connectivity index (χ4n) is 4.67. The number of aromatic nitrogens is 3. The van der Waals surface area contributed by atoms with Gasteiger partial charge in [0.25, 0.3) is 5.91 Å². The third-order valence-corrected chi connectivity index (χ3v) is 7.95. The minimum absolute atomic E-state index is 0.0129. The Morgan fingerprint density at radius 1 is 1.20 bits per heavy atom. The van der Waals surface area contributed by atoms with Gasteiger partial charge >= 0.3 is 0 Å². The van der Waals surface area contributed by atoms with Crippen molar-refractivity contribution in [2.24, 2.45) is 0 Å². The molecule has 0 radical (unpaired) electrons. The van der Waals surface area contributed by atoms with Crippen LogP contribution in [0.5, 0.6) is 0 Å². The van der Waals surface area contributed by atoms with Crippen molar-refractivity contribution in [2.45, 2.75) is 64.2 Å². The molecule has 3 atom stereocenters. The number of piperidine rings is 1. The molecule has 8 heteroatoms. The van der Waals surface area contributed by atoms with Crippen LogP contribution in [-0.4, -0.2) is 44.0 Å². The summed E-state index contributed by atoms with van der Waals surface area (Å²) in [5.41, 5.74) is 3.45. The highest BCUT2D eigenvalue weighted by Gasteiger charge is 2.43. The van der Waals surface area contributed by atoms with Gasteiger partial charge in [0, 0.05) is 35.8 Å². The van der Waals surface area contributed by atoms with Gasteiger partial charge in [-0.15, -0.1) is 22.7 Å². The number of halogens is 1. The van der Waals surface area contributed by atoms with Crippen LogP contribution in [0.4, 0.5) is 4.39 Å². The van der Waals surface area contributed by atoms with E-state index in [1.807, 2.05) is 30.9 Å². The Labute approximate surface area is 183 Å². The van der Waals surface area contributed by atoms with Crippen molar-refractivity contribution in [2.75, 3.05) is 0 Å². The maximum Gasteiger partial charge on any atom is 0.255 e. The predicted octanol–water partition coefficient (Wildman–Crippen LogP) is 4.97. The lowest BCUT2D eigenvalue weighted by Gasteiger charge is -2.36. The molecule has 3 aromatic rings. The third-order valence-electron chi connectivity index (χ3n) is 6.00. The number of alkyl halides is 1. The van der Waals surface area contributed by atoms with Gasteiger partial charge in [-0.3, -0.25) is 9.78 Å². The smallest absolute Gasteiger partial charge is 0.255 e. The molecule has 0 aromatic carbocycles. The first-order valence-electron chi connectivity index (χ1n) is 10.3. The Bertz CT molecular complexity index is 1060. The summed E-state index contributed by atoms with van der Waals surface area (Å²) in [7, 11) is 0. The first-order chi connectivity index (χ1) is 14.5. The lowest BCUT2D eigenvalue weighted by atomic mass is 10.00. The quantitative estimate of drug-likeness (QED) is 0.572. The van der Waals surface area contributed by atoms with E-state index < -0.39 is 6.17 Å². The molecule has 3 aromatic heterocycles. The molecule has 1 amide bonds. The summed E-state index contributed by atoms with van der Waals surface area (Å²) in [6.45, 7) is 4.02. The molecule has 2 aliphatic heterocycles. The van der Waals surface area contributed by atoms with E-state index in [4.69, 9.17) is 4.98 Å². The van der Waals surface area contributed by atoms with Gasteiger partial charge < -0.3 is 4.90 Å². The van der Waals surface area contributed by atoms with Gasteiger partial charge in [-0.25, -0.2) is 14.4 Å². The van der Waals surface area contributed by atoms with E-state index in [1.54, 1.807) is 28.9 Å². The minimum atomic E-state index is -0.770. The van der Waals surface area contributed by atoms with Gasteiger partial charge in [-0.2, -0.15) is 0 Å². The van der Waals surface area contributed by atoms with Crippen LogP contribution in [0.3, 0.4) is 0 Å². The lowest BCUT2D eigenvalue weighted by molar-refractivity contribution is 0.0478. The highest BCUT2D eigenvalue weighted by atomic mass is 32.1. The number of carbonyl (C=O) groups excluding carboxylic acids is 1. The Balaban J connectivity index is 1.28. The van der Waals surface area contributed by atoms with Gasteiger partial charge in [0.15, 0.2) is 0 Å². The number of nitrogens with zero attached hydrogens (tertiary/aromatic N) is 4. The molecule has 0 N–H and O–H groups in total. The number of thiazole rings is 2. The van der Waals surface area contributed by atoms with Crippen molar-refractivity contribution in [1.82, 2.24) is 19.9 Å². The number of carbonyl (C=O) groups is 1. The Morgan fingerprint density at radius 3 is 2.60 bits per heavy atom. The van der Waals surface area contributed by atoms with Gasteiger partial charge in [0.05, 0.1) is 31.8 Å². The maximum absolute atomic E-state index is 13.8. The summed E-state index contributed by atoms with van der Waals surface area (Å²) in [6, 6.07) is 3.83. The monoisotopic (exact) mass is 442 g/mol. The predicted molar refractivity (Wildman–Crippen MR) is 117 cm³/mol.